The maximum Gasteiger partial charge on any atom is 0.260 e. The van der Waals surface area contributed by atoms with E-state index in [0.717, 1.165) is 16.1 Å². The molecule has 0 unspecified atom stereocenters. The average molecular weight is 575 g/mol. The van der Waals surface area contributed by atoms with E-state index in [-0.39, 0.29) is 41.6 Å². The highest BCUT2D eigenvalue weighted by molar-refractivity contribution is 7.16. The van der Waals surface area contributed by atoms with Gasteiger partial charge < -0.3 is 28.8 Å². The van der Waals surface area contributed by atoms with Gasteiger partial charge in [-0.2, -0.15) is 9.78 Å². The molecule has 1 N–H and O–H groups in total. The van der Waals surface area contributed by atoms with Gasteiger partial charge in [-0.15, -0.1) is 11.3 Å². The van der Waals surface area contributed by atoms with Crippen LogP contribution in [0.1, 0.15) is 29.1 Å². The Bertz CT molecular complexity index is 1510. The van der Waals surface area contributed by atoms with Crippen LogP contribution in [0.25, 0.3) is 11.3 Å². The number of methoxy groups -OCH3 is 2. The number of aromatic nitrogens is 4. The molecule has 0 saturated heterocycles. The van der Waals surface area contributed by atoms with Crippen molar-refractivity contribution >= 4 is 40.4 Å². The fourth-order valence-electron chi connectivity index (χ4n) is 4.06. The summed E-state index contributed by atoms with van der Waals surface area (Å²) in [7, 11) is 6.76. The molecule has 0 aromatic carbocycles. The molecule has 13 heteroatoms. The van der Waals surface area contributed by atoms with Gasteiger partial charge in [-0.05, 0) is 32.0 Å². The summed E-state index contributed by atoms with van der Waals surface area (Å²) < 4.78 is 19.5. The third kappa shape index (κ3) is 6.02. The number of halogens is 1. The maximum absolute atomic E-state index is 13.8. The highest BCUT2D eigenvalue weighted by Gasteiger charge is 2.35. The Morgan fingerprint density at radius 3 is 2.64 bits per heavy atom. The lowest BCUT2D eigenvalue weighted by molar-refractivity contribution is 0.0529. The van der Waals surface area contributed by atoms with Crippen molar-refractivity contribution in [3.63, 3.8) is 0 Å². The zero-order valence-electron chi connectivity index (χ0n) is 22.6. The number of hydrogen-bond donors (Lipinski definition) is 1. The normalized spacial score (nSPS) is 11.6. The minimum atomic E-state index is -0.911. The molecule has 0 fully saturated rings. The highest BCUT2D eigenvalue weighted by Crippen LogP contribution is 2.38. The van der Waals surface area contributed by atoms with Crippen molar-refractivity contribution < 1.29 is 18.8 Å². The number of nitrogens with zero attached hydrogens (tertiary/aromatic N) is 5. The van der Waals surface area contributed by atoms with Gasteiger partial charge in [-0.1, -0.05) is 16.8 Å². The standard InChI is InChI=1S/C26H31ClN6O5S/c1-26(2,15-36-5)25(35)33-23(28-11-18-7-8-20(27)39-18)22(37-6)21(30-33)19-9-17(31(3)4)13-32(24(19)34)12-16-10-29-38-14-16/h7-10,13-14,28H,11-12,15H2,1-6H3. The van der Waals surface area contributed by atoms with E-state index in [0.29, 0.717) is 16.7 Å². The SMILES string of the molecule is COCC(C)(C)C(=O)n1nc(-c2cc(N(C)C)cn(Cc3cnoc3)c2=O)c(OC)c1NCc1ccc(Cl)s1. The van der Waals surface area contributed by atoms with E-state index >= 15 is 0 Å². The van der Waals surface area contributed by atoms with Crippen LogP contribution < -0.4 is 20.5 Å². The van der Waals surface area contributed by atoms with Crippen molar-refractivity contribution in [3.05, 3.63) is 62.0 Å². The predicted octanol–water partition coefficient (Wildman–Crippen LogP) is 4.46. The van der Waals surface area contributed by atoms with Crippen LogP contribution in [0.5, 0.6) is 5.75 Å². The third-order valence-electron chi connectivity index (χ3n) is 6.06. The van der Waals surface area contributed by atoms with Crippen LogP contribution in [0, 0.1) is 5.41 Å². The van der Waals surface area contributed by atoms with E-state index < -0.39 is 5.41 Å². The molecular formula is C26H31ClN6O5S. The topological polar surface area (TPSA) is 117 Å². The summed E-state index contributed by atoms with van der Waals surface area (Å²) in [5.41, 5.74) is 0.763. The monoisotopic (exact) mass is 574 g/mol. The molecule has 0 aliphatic carbocycles. The van der Waals surface area contributed by atoms with Gasteiger partial charge in [0.15, 0.2) is 11.6 Å². The van der Waals surface area contributed by atoms with E-state index in [1.165, 1.54) is 36.5 Å². The molecule has 208 valence electrons. The van der Waals surface area contributed by atoms with E-state index in [1.54, 1.807) is 42.9 Å². The Kier molecular flexibility index (Phi) is 8.48. The van der Waals surface area contributed by atoms with Crippen LogP contribution in [-0.2, 0) is 17.8 Å². The molecule has 0 radical (unpaired) electrons. The lowest BCUT2D eigenvalue weighted by Gasteiger charge is -2.22. The molecule has 0 bridgehead atoms. The quantitative estimate of drug-likeness (QED) is 0.277. The Morgan fingerprint density at radius 1 is 1.28 bits per heavy atom. The lowest BCUT2D eigenvalue weighted by atomic mass is 9.94. The number of nitrogens with one attached hydrogen (secondary N) is 1. The second kappa shape index (κ2) is 11.6. The third-order valence-corrected chi connectivity index (χ3v) is 7.29. The van der Waals surface area contributed by atoms with Crippen LogP contribution in [0.2, 0.25) is 4.34 Å². The number of pyridine rings is 1. The molecule has 4 aromatic heterocycles. The Balaban J connectivity index is 1.89. The van der Waals surface area contributed by atoms with Gasteiger partial charge in [0, 0.05) is 37.8 Å². The molecule has 0 spiro atoms. The van der Waals surface area contributed by atoms with Crippen molar-refractivity contribution in [2.75, 3.05) is 45.1 Å². The Morgan fingerprint density at radius 2 is 2.05 bits per heavy atom. The van der Waals surface area contributed by atoms with E-state index in [2.05, 4.69) is 15.6 Å². The van der Waals surface area contributed by atoms with Gasteiger partial charge >= 0.3 is 0 Å². The molecule has 0 aliphatic heterocycles. The number of hydrogen-bond acceptors (Lipinski definition) is 10. The minimum absolute atomic E-state index is 0.172. The molecule has 4 heterocycles. The number of anilines is 2. The van der Waals surface area contributed by atoms with Crippen LogP contribution >= 0.6 is 22.9 Å². The first-order chi connectivity index (χ1) is 18.6. The van der Waals surface area contributed by atoms with Gasteiger partial charge in [0.25, 0.3) is 11.5 Å². The molecule has 39 heavy (non-hydrogen) atoms. The van der Waals surface area contributed by atoms with Gasteiger partial charge in [-0.3, -0.25) is 9.59 Å². The number of ether oxygens (including phenoxy) is 2. The minimum Gasteiger partial charge on any atom is -0.491 e. The Hall–Kier alpha value is -3.61. The van der Waals surface area contributed by atoms with Gasteiger partial charge in [-0.25, -0.2) is 0 Å². The zero-order chi connectivity index (χ0) is 28.3. The summed E-state index contributed by atoms with van der Waals surface area (Å²) in [5.74, 6) is 0.268. The second-order valence-corrected chi connectivity index (χ2v) is 11.6. The van der Waals surface area contributed by atoms with Crippen molar-refractivity contribution in [1.82, 2.24) is 19.5 Å². The van der Waals surface area contributed by atoms with E-state index in [9.17, 15) is 9.59 Å². The van der Waals surface area contributed by atoms with E-state index in [1.807, 2.05) is 25.1 Å². The first-order valence-corrected chi connectivity index (χ1v) is 13.2. The fourth-order valence-corrected chi connectivity index (χ4v) is 5.08. The van der Waals surface area contributed by atoms with Gasteiger partial charge in [0.1, 0.15) is 12.0 Å². The van der Waals surface area contributed by atoms with E-state index in [4.69, 9.17) is 25.6 Å². The maximum atomic E-state index is 13.8. The molecule has 0 atom stereocenters. The summed E-state index contributed by atoms with van der Waals surface area (Å²) in [6, 6.07) is 5.44. The lowest BCUT2D eigenvalue weighted by Crippen LogP contribution is -2.35. The van der Waals surface area contributed by atoms with Crippen LogP contribution in [-0.4, -0.2) is 60.3 Å². The average Bonchev–Trinajstić information content (AvgIpc) is 3.63. The van der Waals surface area contributed by atoms with Crippen molar-refractivity contribution in [2.24, 2.45) is 5.41 Å². The summed E-state index contributed by atoms with van der Waals surface area (Å²) in [6.07, 6.45) is 4.78. The van der Waals surface area contributed by atoms with Gasteiger partial charge in [0.2, 0.25) is 0 Å². The molecule has 0 aliphatic rings. The molecule has 11 nitrogen and oxygen atoms in total. The van der Waals surface area contributed by atoms with Crippen molar-refractivity contribution in [2.45, 2.75) is 26.9 Å². The number of thiophene rings is 1. The zero-order valence-corrected chi connectivity index (χ0v) is 24.2. The van der Waals surface area contributed by atoms with Crippen LogP contribution in [0.3, 0.4) is 0 Å². The number of rotatable bonds is 11. The first kappa shape index (κ1) is 28.4. The summed E-state index contributed by atoms with van der Waals surface area (Å²) in [5, 5.41) is 11.7. The second-order valence-electron chi connectivity index (χ2n) is 9.80. The van der Waals surface area contributed by atoms with Crippen LogP contribution in [0.4, 0.5) is 11.5 Å². The number of carbonyl (C=O) groups excluding carboxylic acids is 1. The van der Waals surface area contributed by atoms with Gasteiger partial charge in [0.05, 0.1) is 54.0 Å². The molecule has 0 amide bonds. The fraction of sp³-hybridized carbons (Fsp3) is 0.385. The first-order valence-electron chi connectivity index (χ1n) is 12.0. The molecular weight excluding hydrogens is 544 g/mol. The Labute approximate surface area is 234 Å². The summed E-state index contributed by atoms with van der Waals surface area (Å²) in [6.45, 7) is 4.32. The largest absolute Gasteiger partial charge is 0.491 e. The molecule has 4 aromatic rings. The predicted molar refractivity (Wildman–Crippen MR) is 151 cm³/mol. The molecule has 0 saturated carbocycles. The smallest absolute Gasteiger partial charge is 0.260 e. The number of carbonyl (C=O) groups is 1. The van der Waals surface area contributed by atoms with Crippen molar-refractivity contribution in [3.8, 4) is 17.0 Å². The van der Waals surface area contributed by atoms with Crippen LogP contribution in [0.15, 0.2) is 46.2 Å². The highest BCUT2D eigenvalue weighted by atomic mass is 35.5. The van der Waals surface area contributed by atoms with Crippen molar-refractivity contribution in [1.29, 1.82) is 0 Å². The molecule has 4 rings (SSSR count). The summed E-state index contributed by atoms with van der Waals surface area (Å²) >= 11 is 7.53. The summed E-state index contributed by atoms with van der Waals surface area (Å²) in [4.78, 5) is 30.3.